The van der Waals surface area contributed by atoms with Gasteiger partial charge in [0.2, 0.25) is 5.91 Å². The molecule has 2 rings (SSSR count). The molecule has 0 aliphatic carbocycles. The van der Waals surface area contributed by atoms with Gasteiger partial charge in [-0.1, -0.05) is 0 Å². The maximum atomic E-state index is 11.4. The first-order valence-electron chi connectivity index (χ1n) is 9.22. The predicted octanol–water partition coefficient (Wildman–Crippen LogP) is 0.992. The number of amides is 1. The van der Waals surface area contributed by atoms with Crippen molar-refractivity contribution in [2.75, 3.05) is 58.9 Å². The highest BCUT2D eigenvalue weighted by Gasteiger charge is 2.20. The van der Waals surface area contributed by atoms with Gasteiger partial charge in [-0.3, -0.25) is 9.79 Å². The minimum Gasteiger partial charge on any atom is -0.357 e. The first-order chi connectivity index (χ1) is 11.2. The molecule has 0 aromatic carbocycles. The molecule has 2 heterocycles. The molecular weight excluding hydrogens is 290 g/mol. The van der Waals surface area contributed by atoms with Gasteiger partial charge >= 0.3 is 0 Å². The fraction of sp³-hybridized carbons (Fsp3) is 0.882. The molecule has 2 aliphatic heterocycles. The summed E-state index contributed by atoms with van der Waals surface area (Å²) in [4.78, 5) is 23.0. The van der Waals surface area contributed by atoms with Crippen molar-refractivity contribution in [1.29, 1.82) is 0 Å². The third-order valence-corrected chi connectivity index (χ3v) is 4.70. The van der Waals surface area contributed by atoms with Gasteiger partial charge in [0.05, 0.1) is 0 Å². The second-order valence-corrected chi connectivity index (χ2v) is 6.48. The largest absolute Gasteiger partial charge is 0.357 e. The molecule has 6 nitrogen and oxygen atoms in total. The second kappa shape index (κ2) is 9.75. The number of carbonyl (C=O) groups is 1. The number of unbranched alkanes of at least 4 members (excludes halogenated alkanes) is 1. The zero-order valence-electron chi connectivity index (χ0n) is 14.9. The second-order valence-electron chi connectivity index (χ2n) is 6.48. The average Bonchev–Trinajstić information content (AvgIpc) is 3.07. The van der Waals surface area contributed by atoms with Crippen LogP contribution in [0.4, 0.5) is 0 Å². The minimum atomic E-state index is 0.175. The molecule has 1 N–H and O–H groups in total. The lowest BCUT2D eigenvalue weighted by atomic mass is 10.3. The van der Waals surface area contributed by atoms with Crippen LogP contribution in [-0.2, 0) is 4.79 Å². The van der Waals surface area contributed by atoms with Crippen molar-refractivity contribution in [3.8, 4) is 0 Å². The van der Waals surface area contributed by atoms with E-state index >= 15 is 0 Å². The number of likely N-dealkylation sites (tertiary alicyclic amines) is 1. The van der Waals surface area contributed by atoms with E-state index in [1.165, 1.54) is 38.9 Å². The molecule has 0 unspecified atom stereocenters. The van der Waals surface area contributed by atoms with Crippen molar-refractivity contribution in [1.82, 2.24) is 20.0 Å². The molecule has 0 spiro atoms. The smallest absolute Gasteiger partial charge is 0.219 e. The number of rotatable bonds is 6. The van der Waals surface area contributed by atoms with Gasteiger partial charge in [0.25, 0.3) is 0 Å². The predicted molar refractivity (Wildman–Crippen MR) is 94.7 cm³/mol. The standard InChI is InChI=1S/C17H33N5O/c1-3-18-17(22-14-12-21(13-15-22)16(2)23)19-8-4-5-9-20-10-6-7-11-20/h3-15H2,1-2H3,(H,18,19). The third-order valence-electron chi connectivity index (χ3n) is 4.70. The summed E-state index contributed by atoms with van der Waals surface area (Å²) in [5, 5.41) is 3.39. The van der Waals surface area contributed by atoms with Gasteiger partial charge in [-0.15, -0.1) is 0 Å². The molecule has 2 aliphatic rings. The molecule has 0 radical (unpaired) electrons. The van der Waals surface area contributed by atoms with Gasteiger partial charge in [-0.25, -0.2) is 0 Å². The number of hydrogen-bond donors (Lipinski definition) is 1. The van der Waals surface area contributed by atoms with Crippen molar-refractivity contribution in [3.05, 3.63) is 0 Å². The van der Waals surface area contributed by atoms with Gasteiger partial charge in [0.15, 0.2) is 5.96 Å². The van der Waals surface area contributed by atoms with Crippen LogP contribution in [0.2, 0.25) is 0 Å². The fourth-order valence-electron chi connectivity index (χ4n) is 3.30. The van der Waals surface area contributed by atoms with E-state index in [-0.39, 0.29) is 5.91 Å². The zero-order chi connectivity index (χ0) is 16.5. The van der Waals surface area contributed by atoms with E-state index in [0.29, 0.717) is 0 Å². The SMILES string of the molecule is CCNC(=NCCCCN1CCCC1)N1CCN(C(C)=O)CC1. The molecule has 2 fully saturated rings. The van der Waals surface area contributed by atoms with Crippen LogP contribution < -0.4 is 5.32 Å². The number of piperazine rings is 1. The molecule has 0 saturated carbocycles. The lowest BCUT2D eigenvalue weighted by Gasteiger charge is -2.36. The summed E-state index contributed by atoms with van der Waals surface area (Å²) >= 11 is 0. The summed E-state index contributed by atoms with van der Waals surface area (Å²) < 4.78 is 0. The highest BCUT2D eigenvalue weighted by Crippen LogP contribution is 2.08. The Labute approximate surface area is 140 Å². The first-order valence-corrected chi connectivity index (χ1v) is 9.22. The number of carbonyl (C=O) groups excluding carboxylic acids is 1. The summed E-state index contributed by atoms with van der Waals surface area (Å²) in [6.45, 7) is 12.7. The fourth-order valence-corrected chi connectivity index (χ4v) is 3.30. The van der Waals surface area contributed by atoms with E-state index in [2.05, 4.69) is 22.0 Å². The van der Waals surface area contributed by atoms with Gasteiger partial charge in [0.1, 0.15) is 0 Å². The quantitative estimate of drug-likeness (QED) is 0.450. The molecule has 23 heavy (non-hydrogen) atoms. The third kappa shape index (κ3) is 6.01. The number of hydrogen-bond acceptors (Lipinski definition) is 3. The van der Waals surface area contributed by atoms with E-state index in [1.54, 1.807) is 6.92 Å². The van der Waals surface area contributed by atoms with E-state index in [0.717, 1.165) is 51.6 Å². The highest BCUT2D eigenvalue weighted by molar-refractivity contribution is 5.80. The lowest BCUT2D eigenvalue weighted by molar-refractivity contribution is -0.130. The Balaban J connectivity index is 1.70. The Bertz CT molecular complexity index is 384. The topological polar surface area (TPSA) is 51.2 Å². The van der Waals surface area contributed by atoms with E-state index in [9.17, 15) is 4.79 Å². The zero-order valence-corrected chi connectivity index (χ0v) is 14.9. The molecule has 1 amide bonds. The Hall–Kier alpha value is -1.30. The minimum absolute atomic E-state index is 0.175. The average molecular weight is 323 g/mol. The van der Waals surface area contributed by atoms with Crippen LogP contribution in [0.15, 0.2) is 4.99 Å². The number of guanidine groups is 1. The van der Waals surface area contributed by atoms with Crippen LogP contribution in [0.25, 0.3) is 0 Å². The summed E-state index contributed by atoms with van der Waals surface area (Å²) in [7, 11) is 0. The van der Waals surface area contributed by atoms with Crippen molar-refractivity contribution in [2.45, 2.75) is 39.5 Å². The van der Waals surface area contributed by atoms with Gasteiger partial charge in [-0.05, 0) is 52.2 Å². The molecule has 6 heteroatoms. The summed E-state index contributed by atoms with van der Waals surface area (Å²) in [6.07, 6.45) is 5.13. The normalized spacial score (nSPS) is 20.2. The molecule has 132 valence electrons. The number of nitrogens with zero attached hydrogens (tertiary/aromatic N) is 4. The van der Waals surface area contributed by atoms with E-state index in [1.807, 2.05) is 4.90 Å². The van der Waals surface area contributed by atoms with Gasteiger partial charge in [0, 0.05) is 46.2 Å². The van der Waals surface area contributed by atoms with E-state index in [4.69, 9.17) is 4.99 Å². The molecule has 0 aromatic rings. The lowest BCUT2D eigenvalue weighted by Crippen LogP contribution is -2.53. The maximum absolute atomic E-state index is 11.4. The van der Waals surface area contributed by atoms with Crippen LogP contribution in [0.1, 0.15) is 39.5 Å². The molecule has 2 saturated heterocycles. The van der Waals surface area contributed by atoms with E-state index < -0.39 is 0 Å². The van der Waals surface area contributed by atoms with Crippen molar-refractivity contribution in [3.63, 3.8) is 0 Å². The molecule has 0 bridgehead atoms. The van der Waals surface area contributed by atoms with Crippen molar-refractivity contribution in [2.24, 2.45) is 4.99 Å². The van der Waals surface area contributed by atoms with Crippen LogP contribution >= 0.6 is 0 Å². The Morgan fingerprint density at radius 1 is 1.00 bits per heavy atom. The van der Waals surface area contributed by atoms with Crippen molar-refractivity contribution < 1.29 is 4.79 Å². The van der Waals surface area contributed by atoms with Gasteiger partial charge in [-0.2, -0.15) is 0 Å². The maximum Gasteiger partial charge on any atom is 0.219 e. The van der Waals surface area contributed by atoms with Crippen molar-refractivity contribution >= 4 is 11.9 Å². The Morgan fingerprint density at radius 2 is 1.65 bits per heavy atom. The Morgan fingerprint density at radius 3 is 2.26 bits per heavy atom. The molecule has 0 atom stereocenters. The first kappa shape index (κ1) is 18.0. The van der Waals surface area contributed by atoms with Crippen LogP contribution in [0.5, 0.6) is 0 Å². The number of aliphatic imine (C=N–C) groups is 1. The molecule has 0 aromatic heterocycles. The van der Waals surface area contributed by atoms with Crippen LogP contribution in [0, 0.1) is 0 Å². The summed E-state index contributed by atoms with van der Waals surface area (Å²) in [5.41, 5.74) is 0. The Kier molecular flexibility index (Phi) is 7.65. The summed E-state index contributed by atoms with van der Waals surface area (Å²) in [5.74, 6) is 1.19. The van der Waals surface area contributed by atoms with Gasteiger partial charge < -0.3 is 20.0 Å². The summed E-state index contributed by atoms with van der Waals surface area (Å²) in [6, 6.07) is 0. The highest BCUT2D eigenvalue weighted by atomic mass is 16.2. The van der Waals surface area contributed by atoms with Crippen LogP contribution in [0.3, 0.4) is 0 Å². The molecular formula is C17H33N5O. The monoisotopic (exact) mass is 323 g/mol. The number of nitrogens with one attached hydrogen (secondary N) is 1. The van der Waals surface area contributed by atoms with Crippen LogP contribution in [-0.4, -0.2) is 85.5 Å².